The quantitative estimate of drug-likeness (QED) is 0.152. The monoisotopic (exact) mass is 889 g/mol. The van der Waals surface area contributed by atoms with E-state index in [0.717, 1.165) is 105 Å². The third-order valence-corrected chi connectivity index (χ3v) is 16.2. The lowest BCUT2D eigenvalue weighted by molar-refractivity contribution is -0.136. The van der Waals surface area contributed by atoms with E-state index < -0.39 is 12.5 Å². The third-order valence-electron chi connectivity index (χ3n) is 16.2. The SMILES string of the molecule is COc1cc(N2CCC3(CC2)NCC(CCC2CCN4c5cc6c(cc5CC[C@H]4C2)C(=O)N(C2CCC(=O)NC2=O)C6)CO3)ccc1[C@@H]1c2[nH]c3ccccc3c2C[C@@H](C)N1CC(F)F. The number of hydrogen-bond acceptors (Lipinski definition) is 9. The molecule has 0 radical (unpaired) electrons. The maximum atomic E-state index is 14.1. The van der Waals surface area contributed by atoms with Crippen molar-refractivity contribution in [2.75, 3.05) is 56.2 Å². The Hall–Kier alpha value is -5.05. The molecule has 3 unspecified atom stereocenters. The number of hydrogen-bond donors (Lipinski definition) is 3. The van der Waals surface area contributed by atoms with Crippen LogP contribution < -0.4 is 25.2 Å². The lowest BCUT2D eigenvalue weighted by atomic mass is 9.80. The molecule has 11 rings (SSSR count). The topological polar surface area (TPSA) is 122 Å². The summed E-state index contributed by atoms with van der Waals surface area (Å²) in [4.78, 5) is 50.0. The second-order valence-corrected chi connectivity index (χ2v) is 20.0. The molecule has 4 saturated heterocycles. The summed E-state index contributed by atoms with van der Waals surface area (Å²) in [7, 11) is 1.68. The highest BCUT2D eigenvalue weighted by Crippen LogP contribution is 2.46. The first kappa shape index (κ1) is 42.6. The smallest absolute Gasteiger partial charge is 0.255 e. The van der Waals surface area contributed by atoms with Gasteiger partial charge in [-0.05, 0) is 111 Å². The summed E-state index contributed by atoms with van der Waals surface area (Å²) in [5.41, 5.74) is 9.03. The number of carbonyl (C=O) groups is 3. The number of aryl methyl sites for hydroxylation is 1. The number of halogens is 2. The van der Waals surface area contributed by atoms with Crippen molar-refractivity contribution in [1.29, 1.82) is 0 Å². The summed E-state index contributed by atoms with van der Waals surface area (Å²) in [5, 5.41) is 7.42. The highest BCUT2D eigenvalue weighted by Gasteiger charge is 2.43. The molecule has 0 bridgehead atoms. The van der Waals surface area contributed by atoms with Crippen molar-refractivity contribution in [3.8, 4) is 5.75 Å². The summed E-state index contributed by atoms with van der Waals surface area (Å²) in [6.07, 6.45) is 7.36. The van der Waals surface area contributed by atoms with E-state index >= 15 is 0 Å². The van der Waals surface area contributed by atoms with Gasteiger partial charge in [-0.25, -0.2) is 8.78 Å². The molecule has 1 aromatic heterocycles. The van der Waals surface area contributed by atoms with Gasteiger partial charge >= 0.3 is 0 Å². The van der Waals surface area contributed by atoms with Crippen LogP contribution in [0.3, 0.4) is 0 Å². The predicted molar refractivity (Wildman–Crippen MR) is 245 cm³/mol. The van der Waals surface area contributed by atoms with Gasteiger partial charge in [0.1, 0.15) is 17.5 Å². The minimum absolute atomic E-state index is 0.0675. The van der Waals surface area contributed by atoms with Crippen LogP contribution in [0.4, 0.5) is 20.2 Å². The first-order valence-corrected chi connectivity index (χ1v) is 24.1. The maximum Gasteiger partial charge on any atom is 0.255 e. The molecule has 3 N–H and O–H groups in total. The van der Waals surface area contributed by atoms with Gasteiger partial charge in [-0.3, -0.25) is 29.9 Å². The lowest BCUT2D eigenvalue weighted by Gasteiger charge is -2.47. The molecule has 8 heterocycles. The van der Waals surface area contributed by atoms with E-state index in [-0.39, 0.29) is 48.5 Å². The van der Waals surface area contributed by atoms with E-state index in [1.807, 2.05) is 24.0 Å². The fourth-order valence-corrected chi connectivity index (χ4v) is 12.7. The van der Waals surface area contributed by atoms with Gasteiger partial charge in [0.2, 0.25) is 11.8 Å². The normalized spacial score (nSPS) is 27.8. The van der Waals surface area contributed by atoms with Crippen molar-refractivity contribution >= 4 is 40.0 Å². The molecule has 1 spiro atoms. The number of aromatic nitrogens is 1. The van der Waals surface area contributed by atoms with Gasteiger partial charge in [0.15, 0.2) is 0 Å². The Morgan fingerprint density at radius 2 is 1.75 bits per heavy atom. The molecule has 0 saturated carbocycles. The minimum Gasteiger partial charge on any atom is -0.496 e. The number of nitrogens with one attached hydrogen (secondary N) is 3. The summed E-state index contributed by atoms with van der Waals surface area (Å²) >= 11 is 0. The Morgan fingerprint density at radius 1 is 0.923 bits per heavy atom. The molecule has 4 aromatic rings. The zero-order valence-corrected chi connectivity index (χ0v) is 37.6. The number of rotatable bonds is 9. The Kier molecular flexibility index (Phi) is 11.1. The number of alkyl halides is 2. The second-order valence-electron chi connectivity index (χ2n) is 20.0. The molecule has 14 heteroatoms. The van der Waals surface area contributed by atoms with E-state index in [9.17, 15) is 23.2 Å². The molecule has 0 aliphatic carbocycles. The number of piperidine rings is 3. The van der Waals surface area contributed by atoms with Gasteiger partial charge < -0.3 is 29.2 Å². The first-order chi connectivity index (χ1) is 31.5. The number of fused-ring (bicyclic) bond motifs is 7. The van der Waals surface area contributed by atoms with Crippen LogP contribution in [0.25, 0.3) is 10.9 Å². The van der Waals surface area contributed by atoms with E-state index in [4.69, 9.17) is 9.47 Å². The van der Waals surface area contributed by atoms with E-state index in [2.05, 4.69) is 67.9 Å². The number of H-pyrrole nitrogens is 1. The Labute approximate surface area is 379 Å². The number of carbonyl (C=O) groups excluding carboxylic acids is 3. The van der Waals surface area contributed by atoms with E-state index in [0.29, 0.717) is 48.6 Å². The molecular weight excluding hydrogens is 829 g/mol. The third kappa shape index (κ3) is 7.76. The van der Waals surface area contributed by atoms with E-state index in [1.54, 1.807) is 12.0 Å². The summed E-state index contributed by atoms with van der Waals surface area (Å²) < 4.78 is 41.0. The molecule has 344 valence electrons. The van der Waals surface area contributed by atoms with Crippen molar-refractivity contribution in [3.05, 3.63) is 88.1 Å². The van der Waals surface area contributed by atoms with Crippen molar-refractivity contribution < 1.29 is 32.6 Å². The zero-order chi connectivity index (χ0) is 44.6. The number of nitrogens with zero attached hydrogens (tertiary/aromatic N) is 4. The van der Waals surface area contributed by atoms with Crippen LogP contribution in [0.2, 0.25) is 0 Å². The molecule has 65 heavy (non-hydrogen) atoms. The number of para-hydroxylation sites is 1. The van der Waals surface area contributed by atoms with E-state index in [1.165, 1.54) is 29.7 Å². The minimum atomic E-state index is -2.45. The number of amides is 3. The fraction of sp³-hybridized carbons (Fsp3) is 0.549. The van der Waals surface area contributed by atoms with Gasteiger partial charge in [-0.2, -0.15) is 0 Å². The molecule has 7 aliphatic rings. The van der Waals surface area contributed by atoms with Crippen molar-refractivity contribution in [3.63, 3.8) is 0 Å². The molecule has 6 atom stereocenters. The highest BCUT2D eigenvalue weighted by molar-refractivity contribution is 6.05. The average molecular weight is 890 g/mol. The summed E-state index contributed by atoms with van der Waals surface area (Å²) in [6.45, 7) is 6.58. The molecule has 3 amide bonds. The van der Waals surface area contributed by atoms with Crippen LogP contribution in [0, 0.1) is 11.8 Å². The maximum absolute atomic E-state index is 14.1. The number of anilines is 2. The lowest BCUT2D eigenvalue weighted by Crippen LogP contribution is -2.60. The highest BCUT2D eigenvalue weighted by atomic mass is 19.3. The van der Waals surface area contributed by atoms with Crippen LogP contribution in [-0.4, -0.2) is 109 Å². The first-order valence-electron chi connectivity index (χ1n) is 24.1. The van der Waals surface area contributed by atoms with Crippen molar-refractivity contribution in [2.45, 2.75) is 120 Å². The number of benzene rings is 3. The summed E-state index contributed by atoms with van der Waals surface area (Å²) in [6, 6.07) is 18.3. The average Bonchev–Trinajstić information content (AvgIpc) is 3.84. The summed E-state index contributed by atoms with van der Waals surface area (Å²) in [5.74, 6) is 1.14. The molecular formula is C51H61F2N7O5. The van der Waals surface area contributed by atoms with Crippen molar-refractivity contribution in [2.24, 2.45) is 11.8 Å². The number of imide groups is 1. The predicted octanol–water partition coefficient (Wildman–Crippen LogP) is 7.08. The molecule has 3 aromatic carbocycles. The van der Waals surface area contributed by atoms with Crippen LogP contribution in [0.15, 0.2) is 54.6 Å². The van der Waals surface area contributed by atoms with Crippen LogP contribution in [0.1, 0.15) is 109 Å². The largest absolute Gasteiger partial charge is 0.496 e. The fourth-order valence-electron chi connectivity index (χ4n) is 12.7. The number of methoxy groups -OCH3 is 1. The molecule has 12 nitrogen and oxygen atoms in total. The van der Waals surface area contributed by atoms with Gasteiger partial charge in [0, 0.05) is 109 Å². The van der Waals surface area contributed by atoms with Crippen LogP contribution in [-0.2, 0) is 33.7 Å². The standard InChI is InChI=1S/C51H61F2N7O5/c1-30-21-40-37-5-3-4-6-41(37)55-47(40)48(59(30)28-45(52)53)38-12-11-35(25-44(38)64-2)57-19-16-51(17-20-57)54-26-32(29-65-51)8-7-31-15-18-58-36(22-31)10-9-33-23-39-34(24-43(33)58)27-60(50(39)63)42-13-14-46(61)56-49(42)62/h3-6,11-12,23-25,30-32,36,42,45,48,54-55H,7-10,13-22,26-29H2,1-2H3,(H,56,61,62)/t30-,31?,32?,36+,42?,48-/m1/s1. The van der Waals surface area contributed by atoms with Crippen LogP contribution in [0.5, 0.6) is 5.75 Å². The van der Waals surface area contributed by atoms with Crippen LogP contribution >= 0.6 is 0 Å². The van der Waals surface area contributed by atoms with Crippen molar-refractivity contribution in [1.82, 2.24) is 25.4 Å². The van der Waals surface area contributed by atoms with Gasteiger partial charge in [0.05, 0.1) is 26.3 Å². The Morgan fingerprint density at radius 3 is 2.54 bits per heavy atom. The number of aromatic amines is 1. The zero-order valence-electron chi connectivity index (χ0n) is 37.6. The van der Waals surface area contributed by atoms with Gasteiger partial charge in [-0.15, -0.1) is 0 Å². The molecule has 4 fully saturated rings. The second kappa shape index (κ2) is 17.0. The van der Waals surface area contributed by atoms with Gasteiger partial charge in [-0.1, -0.05) is 24.3 Å². The van der Waals surface area contributed by atoms with Gasteiger partial charge in [0.25, 0.3) is 12.3 Å². The number of ether oxygens (including phenoxy) is 2. The Balaban J connectivity index is 0.680. The Bertz CT molecular complexity index is 2490. The molecule has 7 aliphatic heterocycles.